The van der Waals surface area contributed by atoms with Crippen molar-refractivity contribution < 1.29 is 14.5 Å². The highest BCUT2D eigenvalue weighted by molar-refractivity contribution is 5.97. The molecule has 1 aromatic carbocycles. The minimum absolute atomic E-state index is 0.0885. The number of amides is 2. The first-order chi connectivity index (χ1) is 8.40. The van der Waals surface area contributed by atoms with Crippen LogP contribution in [0.2, 0.25) is 0 Å². The minimum atomic E-state index is -1.04. The Labute approximate surface area is 102 Å². The van der Waals surface area contributed by atoms with Crippen molar-refractivity contribution in [2.75, 3.05) is 5.32 Å². The maximum absolute atomic E-state index is 11.5. The van der Waals surface area contributed by atoms with E-state index in [4.69, 9.17) is 11.5 Å². The largest absolute Gasteiger partial charge is 0.370 e. The van der Waals surface area contributed by atoms with Gasteiger partial charge in [-0.3, -0.25) is 19.7 Å². The van der Waals surface area contributed by atoms with E-state index in [0.717, 1.165) is 0 Å². The number of hydrogen-bond acceptors (Lipinski definition) is 5. The van der Waals surface area contributed by atoms with Gasteiger partial charge < -0.3 is 16.8 Å². The van der Waals surface area contributed by atoms with Crippen molar-refractivity contribution in [2.45, 2.75) is 12.5 Å². The molecule has 18 heavy (non-hydrogen) atoms. The number of nitrogens with two attached hydrogens (primary N) is 2. The summed E-state index contributed by atoms with van der Waals surface area (Å²) >= 11 is 0. The molecule has 8 heteroatoms. The number of rotatable bonds is 5. The molecule has 0 aliphatic carbocycles. The van der Waals surface area contributed by atoms with Gasteiger partial charge in [0.25, 0.3) is 5.69 Å². The van der Waals surface area contributed by atoms with Gasteiger partial charge in [0, 0.05) is 17.8 Å². The van der Waals surface area contributed by atoms with Gasteiger partial charge in [0.2, 0.25) is 11.8 Å². The molecule has 1 atom stereocenters. The first kappa shape index (κ1) is 13.6. The predicted octanol–water partition coefficient (Wildman–Crippen LogP) is -0.264. The van der Waals surface area contributed by atoms with Crippen LogP contribution in [0.5, 0.6) is 0 Å². The van der Waals surface area contributed by atoms with Crippen LogP contribution in [-0.4, -0.2) is 22.8 Å². The van der Waals surface area contributed by atoms with Gasteiger partial charge in [-0.25, -0.2) is 0 Å². The molecule has 1 aromatic rings. The monoisotopic (exact) mass is 252 g/mol. The molecule has 0 aliphatic rings. The van der Waals surface area contributed by atoms with Crippen molar-refractivity contribution >= 4 is 23.2 Å². The van der Waals surface area contributed by atoms with Crippen molar-refractivity contribution in [3.8, 4) is 0 Å². The number of nitro groups is 1. The lowest BCUT2D eigenvalue weighted by Crippen LogP contribution is -2.38. The highest BCUT2D eigenvalue weighted by Gasteiger charge is 2.16. The maximum Gasteiger partial charge on any atom is 0.269 e. The number of nitrogens with zero attached hydrogens (tertiary/aromatic N) is 1. The van der Waals surface area contributed by atoms with Gasteiger partial charge in [0.15, 0.2) is 0 Å². The standard InChI is InChI=1S/C10H12N4O4/c11-8(5-9(12)15)10(16)13-6-1-3-7(4-2-6)14(17)18/h1-4,8H,5,11H2,(H2,12,15)(H,13,16)/t8-/m0/s1. The lowest BCUT2D eigenvalue weighted by Gasteiger charge is -2.10. The van der Waals surface area contributed by atoms with E-state index in [2.05, 4.69) is 5.32 Å². The summed E-state index contributed by atoms with van der Waals surface area (Å²) in [5.74, 6) is -1.26. The normalized spacial score (nSPS) is 11.6. The summed E-state index contributed by atoms with van der Waals surface area (Å²) in [6, 6.07) is 4.18. The van der Waals surface area contributed by atoms with Crippen LogP contribution in [0.3, 0.4) is 0 Å². The molecule has 0 unspecified atom stereocenters. The van der Waals surface area contributed by atoms with Crippen molar-refractivity contribution in [1.82, 2.24) is 0 Å². The van der Waals surface area contributed by atoms with E-state index in [-0.39, 0.29) is 12.1 Å². The van der Waals surface area contributed by atoms with Crippen molar-refractivity contribution in [1.29, 1.82) is 0 Å². The summed E-state index contributed by atoms with van der Waals surface area (Å²) in [5, 5.41) is 12.8. The molecular formula is C10H12N4O4. The quantitative estimate of drug-likeness (QED) is 0.488. The Kier molecular flexibility index (Phi) is 4.33. The Bertz CT molecular complexity index is 471. The van der Waals surface area contributed by atoms with Crippen LogP contribution in [-0.2, 0) is 9.59 Å². The zero-order valence-corrected chi connectivity index (χ0v) is 9.33. The molecule has 5 N–H and O–H groups in total. The van der Waals surface area contributed by atoms with Gasteiger partial charge in [0.1, 0.15) is 0 Å². The van der Waals surface area contributed by atoms with E-state index in [1.54, 1.807) is 0 Å². The number of carbonyl (C=O) groups is 2. The lowest BCUT2D eigenvalue weighted by atomic mass is 10.2. The second kappa shape index (κ2) is 5.73. The van der Waals surface area contributed by atoms with Gasteiger partial charge in [-0.2, -0.15) is 0 Å². The number of carbonyl (C=O) groups excluding carboxylic acids is 2. The molecule has 0 aromatic heterocycles. The van der Waals surface area contributed by atoms with E-state index < -0.39 is 22.8 Å². The van der Waals surface area contributed by atoms with E-state index in [9.17, 15) is 19.7 Å². The highest BCUT2D eigenvalue weighted by Crippen LogP contribution is 2.15. The van der Waals surface area contributed by atoms with Crippen LogP contribution < -0.4 is 16.8 Å². The summed E-state index contributed by atoms with van der Waals surface area (Å²) in [7, 11) is 0. The Balaban J connectivity index is 2.64. The molecule has 0 aliphatic heterocycles. The first-order valence-electron chi connectivity index (χ1n) is 4.99. The third kappa shape index (κ3) is 3.83. The number of anilines is 1. The number of non-ortho nitro benzene ring substituents is 1. The van der Waals surface area contributed by atoms with Crippen LogP contribution >= 0.6 is 0 Å². The van der Waals surface area contributed by atoms with E-state index in [0.29, 0.717) is 5.69 Å². The molecule has 1 rings (SSSR count). The van der Waals surface area contributed by atoms with Gasteiger partial charge >= 0.3 is 0 Å². The third-order valence-corrected chi connectivity index (χ3v) is 2.10. The number of benzene rings is 1. The molecule has 0 saturated carbocycles. The van der Waals surface area contributed by atoms with Crippen LogP contribution in [0.4, 0.5) is 11.4 Å². The molecular weight excluding hydrogens is 240 g/mol. The average molecular weight is 252 g/mol. The summed E-state index contributed by atoms with van der Waals surface area (Å²) in [6.07, 6.45) is -0.265. The number of nitrogens with one attached hydrogen (secondary N) is 1. The smallest absolute Gasteiger partial charge is 0.269 e. The summed E-state index contributed by atoms with van der Waals surface area (Å²) in [5.41, 5.74) is 10.6. The molecule has 0 heterocycles. The fraction of sp³-hybridized carbons (Fsp3) is 0.200. The van der Waals surface area contributed by atoms with Crippen LogP contribution in [0.15, 0.2) is 24.3 Å². The average Bonchev–Trinajstić information content (AvgIpc) is 2.28. The summed E-state index contributed by atoms with van der Waals surface area (Å²) in [6.45, 7) is 0. The van der Waals surface area contributed by atoms with Crippen molar-refractivity contribution in [3.05, 3.63) is 34.4 Å². The fourth-order valence-electron chi connectivity index (χ4n) is 1.21. The number of primary amides is 1. The minimum Gasteiger partial charge on any atom is -0.370 e. The highest BCUT2D eigenvalue weighted by atomic mass is 16.6. The van der Waals surface area contributed by atoms with Gasteiger partial charge in [-0.15, -0.1) is 0 Å². The van der Waals surface area contributed by atoms with Crippen molar-refractivity contribution in [2.24, 2.45) is 11.5 Å². The zero-order chi connectivity index (χ0) is 13.7. The molecule has 0 bridgehead atoms. The van der Waals surface area contributed by atoms with Crippen molar-refractivity contribution in [3.63, 3.8) is 0 Å². The molecule has 0 spiro atoms. The maximum atomic E-state index is 11.5. The van der Waals surface area contributed by atoms with Crippen LogP contribution in [0, 0.1) is 10.1 Å². The van der Waals surface area contributed by atoms with Gasteiger partial charge in [-0.1, -0.05) is 0 Å². The molecule has 0 saturated heterocycles. The topological polar surface area (TPSA) is 141 Å². The second-order valence-corrected chi connectivity index (χ2v) is 3.57. The van der Waals surface area contributed by atoms with Gasteiger partial charge in [-0.05, 0) is 12.1 Å². The van der Waals surface area contributed by atoms with Gasteiger partial charge in [0.05, 0.1) is 17.4 Å². The first-order valence-corrected chi connectivity index (χ1v) is 4.99. The molecule has 96 valence electrons. The number of nitro benzene ring substituents is 1. The fourth-order valence-corrected chi connectivity index (χ4v) is 1.21. The van der Waals surface area contributed by atoms with E-state index in [1.165, 1.54) is 24.3 Å². The SMILES string of the molecule is NC(=O)C[C@H](N)C(=O)Nc1ccc([N+](=O)[O-])cc1. The number of hydrogen-bond donors (Lipinski definition) is 3. The third-order valence-electron chi connectivity index (χ3n) is 2.10. The lowest BCUT2D eigenvalue weighted by molar-refractivity contribution is -0.384. The zero-order valence-electron chi connectivity index (χ0n) is 9.33. The van der Waals surface area contributed by atoms with E-state index >= 15 is 0 Å². The molecule has 8 nitrogen and oxygen atoms in total. The predicted molar refractivity (Wildman–Crippen MR) is 63.5 cm³/mol. The second-order valence-electron chi connectivity index (χ2n) is 3.57. The molecule has 2 amide bonds. The molecule has 0 fully saturated rings. The summed E-state index contributed by atoms with van der Waals surface area (Å²) in [4.78, 5) is 31.9. The Morgan fingerprint density at radius 2 is 1.89 bits per heavy atom. The molecule has 0 radical (unpaired) electrons. The Morgan fingerprint density at radius 1 is 1.33 bits per heavy atom. The Hall–Kier alpha value is -2.48. The van der Waals surface area contributed by atoms with Crippen LogP contribution in [0.25, 0.3) is 0 Å². The summed E-state index contributed by atoms with van der Waals surface area (Å²) < 4.78 is 0. The van der Waals surface area contributed by atoms with E-state index in [1.807, 2.05) is 0 Å². The van der Waals surface area contributed by atoms with Crippen LogP contribution in [0.1, 0.15) is 6.42 Å². The Morgan fingerprint density at radius 3 is 2.33 bits per heavy atom.